The molecule has 0 bridgehead atoms. The summed E-state index contributed by atoms with van der Waals surface area (Å²) in [6, 6.07) is 0. The largest absolute Gasteiger partial charge is 0.488 e. The van der Waals surface area contributed by atoms with Crippen LogP contribution in [-0.2, 0) is 14.2 Å². The van der Waals surface area contributed by atoms with Crippen molar-refractivity contribution in [2.75, 3.05) is 40.5 Å². The van der Waals surface area contributed by atoms with Gasteiger partial charge in [-0.1, -0.05) is 23.8 Å². The second-order valence-electron chi connectivity index (χ2n) is 7.00. The highest BCUT2D eigenvalue weighted by atomic mass is 35.5. The first kappa shape index (κ1) is 18.3. The highest BCUT2D eigenvalue weighted by Crippen LogP contribution is 2.44. The van der Waals surface area contributed by atoms with Gasteiger partial charge in [0.15, 0.2) is 0 Å². The third-order valence-electron chi connectivity index (χ3n) is 4.68. The normalized spacial score (nSPS) is 20.7. The molecule has 6 heteroatoms. The van der Waals surface area contributed by atoms with Crippen molar-refractivity contribution in [2.24, 2.45) is 4.99 Å². The molecule has 142 valence electrons. The second-order valence-corrected chi connectivity index (χ2v) is 7.41. The third-order valence-corrected chi connectivity index (χ3v) is 5.04. The van der Waals surface area contributed by atoms with Crippen molar-refractivity contribution in [1.29, 1.82) is 0 Å². The quantitative estimate of drug-likeness (QED) is 0.651. The number of hydrogen-bond donors (Lipinski definition) is 0. The smallest absolute Gasteiger partial charge is 0.220 e. The summed E-state index contributed by atoms with van der Waals surface area (Å²) in [5, 5.41) is 0.720. The first-order chi connectivity index (χ1) is 13.1. The molecular formula is C21H23ClN2O3. The lowest BCUT2D eigenvalue weighted by atomic mass is 10.1. The van der Waals surface area contributed by atoms with Crippen molar-refractivity contribution in [2.45, 2.75) is 12.8 Å². The lowest BCUT2D eigenvalue weighted by Crippen LogP contribution is -2.19. The summed E-state index contributed by atoms with van der Waals surface area (Å²) in [4.78, 5) is 6.57. The molecule has 0 spiro atoms. The minimum atomic E-state index is 0.362. The molecule has 27 heavy (non-hydrogen) atoms. The molecule has 0 fully saturated rings. The monoisotopic (exact) mass is 386 g/mol. The van der Waals surface area contributed by atoms with Crippen molar-refractivity contribution < 1.29 is 14.2 Å². The molecule has 4 rings (SSSR count). The molecule has 0 saturated carbocycles. The summed E-state index contributed by atoms with van der Waals surface area (Å²) in [7, 11) is 4.11. The van der Waals surface area contributed by atoms with Crippen LogP contribution in [0.25, 0.3) is 0 Å². The van der Waals surface area contributed by atoms with Crippen LogP contribution in [0.1, 0.15) is 12.8 Å². The fraction of sp³-hybridized carbons (Fsp3) is 0.381. The predicted octanol–water partition coefficient (Wildman–Crippen LogP) is 3.83. The Morgan fingerprint density at radius 3 is 3.00 bits per heavy atom. The first-order valence-electron chi connectivity index (χ1n) is 9.16. The molecule has 0 atom stereocenters. The molecule has 0 aromatic heterocycles. The Labute approximate surface area is 164 Å². The van der Waals surface area contributed by atoms with Crippen LogP contribution in [0, 0.1) is 0 Å². The van der Waals surface area contributed by atoms with E-state index in [1.165, 1.54) is 0 Å². The zero-order valence-corrected chi connectivity index (χ0v) is 16.4. The number of hydrogen-bond acceptors (Lipinski definition) is 5. The fourth-order valence-electron chi connectivity index (χ4n) is 3.35. The first-order valence-corrected chi connectivity index (χ1v) is 9.54. The molecule has 0 N–H and O–H groups in total. The Bertz CT molecular complexity index is 857. The van der Waals surface area contributed by atoms with Crippen LogP contribution < -0.4 is 0 Å². The van der Waals surface area contributed by atoms with Gasteiger partial charge in [0.2, 0.25) is 5.90 Å². The summed E-state index contributed by atoms with van der Waals surface area (Å²) in [5.74, 6) is 2.22. The van der Waals surface area contributed by atoms with Crippen LogP contribution in [0.5, 0.6) is 0 Å². The van der Waals surface area contributed by atoms with Crippen LogP contribution in [0.3, 0.4) is 0 Å². The van der Waals surface area contributed by atoms with Crippen LogP contribution in [-0.4, -0.2) is 51.3 Å². The number of ether oxygens (including phenoxy) is 3. The van der Waals surface area contributed by atoms with Crippen molar-refractivity contribution in [3.8, 4) is 0 Å². The van der Waals surface area contributed by atoms with E-state index in [9.17, 15) is 0 Å². The molecule has 0 radical (unpaired) electrons. The number of fused-ring (bicyclic) bond motifs is 3. The summed E-state index contributed by atoms with van der Waals surface area (Å²) < 4.78 is 17.7. The van der Waals surface area contributed by atoms with Crippen molar-refractivity contribution in [1.82, 2.24) is 4.90 Å². The molecular weight excluding hydrogens is 364 g/mol. The maximum absolute atomic E-state index is 6.38. The maximum Gasteiger partial charge on any atom is 0.220 e. The van der Waals surface area contributed by atoms with E-state index < -0.39 is 0 Å². The second kappa shape index (κ2) is 7.89. The Balaban J connectivity index is 1.53. The average Bonchev–Trinajstić information content (AvgIpc) is 2.92. The fourth-order valence-corrected chi connectivity index (χ4v) is 3.56. The van der Waals surface area contributed by atoms with Crippen LogP contribution in [0.2, 0.25) is 0 Å². The van der Waals surface area contributed by atoms with Crippen molar-refractivity contribution in [3.05, 3.63) is 69.3 Å². The van der Waals surface area contributed by atoms with Crippen molar-refractivity contribution >= 4 is 17.5 Å². The van der Waals surface area contributed by atoms with Gasteiger partial charge in [-0.25, -0.2) is 4.99 Å². The van der Waals surface area contributed by atoms with E-state index in [1.807, 2.05) is 18.4 Å². The van der Waals surface area contributed by atoms with Gasteiger partial charge >= 0.3 is 0 Å². The molecule has 0 aromatic rings. The topological polar surface area (TPSA) is 43.3 Å². The molecule has 4 aliphatic rings. The summed E-state index contributed by atoms with van der Waals surface area (Å²) in [5.41, 5.74) is 3.97. The number of halogens is 1. The number of allylic oxidation sites excluding steroid dienone is 7. The Morgan fingerprint density at radius 2 is 2.15 bits per heavy atom. The average molecular weight is 387 g/mol. The molecule has 0 aromatic carbocycles. The van der Waals surface area contributed by atoms with Gasteiger partial charge in [-0.05, 0) is 45.6 Å². The number of nitrogens with zero attached hydrogens (tertiary/aromatic N) is 2. The van der Waals surface area contributed by atoms with E-state index in [4.69, 9.17) is 25.8 Å². The molecule has 2 aliphatic carbocycles. The van der Waals surface area contributed by atoms with Gasteiger partial charge in [0.05, 0.1) is 5.03 Å². The summed E-state index contributed by atoms with van der Waals surface area (Å²) >= 11 is 6.38. The van der Waals surface area contributed by atoms with E-state index in [1.54, 1.807) is 0 Å². The van der Waals surface area contributed by atoms with Crippen LogP contribution in [0.15, 0.2) is 74.3 Å². The Morgan fingerprint density at radius 1 is 1.26 bits per heavy atom. The zero-order valence-electron chi connectivity index (χ0n) is 15.6. The summed E-state index contributed by atoms with van der Waals surface area (Å²) in [6.45, 7) is 2.53. The van der Waals surface area contributed by atoms with E-state index in [0.29, 0.717) is 25.7 Å². The van der Waals surface area contributed by atoms with E-state index in [0.717, 1.165) is 58.2 Å². The molecule has 2 heterocycles. The van der Waals surface area contributed by atoms with Crippen LogP contribution >= 0.6 is 11.6 Å². The Hall–Kier alpha value is -2.08. The van der Waals surface area contributed by atoms with Gasteiger partial charge < -0.3 is 19.1 Å². The maximum atomic E-state index is 6.38. The SMILES string of the molecule is CN(C)CCCOCC1=NC=C2CC=CC3=C4OCC=C(Cl)C4=CC3=C2O1. The minimum absolute atomic E-state index is 0.362. The molecule has 0 unspecified atom stereocenters. The van der Waals surface area contributed by atoms with Gasteiger partial charge in [0.1, 0.15) is 24.7 Å². The van der Waals surface area contributed by atoms with Gasteiger partial charge in [0.25, 0.3) is 0 Å². The van der Waals surface area contributed by atoms with Gasteiger partial charge in [-0.3, -0.25) is 0 Å². The third kappa shape index (κ3) is 3.81. The van der Waals surface area contributed by atoms with Gasteiger partial charge in [-0.15, -0.1) is 0 Å². The van der Waals surface area contributed by atoms with Gasteiger partial charge in [0, 0.05) is 35.1 Å². The standard InChI is InChI=1S/C21H23ClN2O3/c1-24(2)8-4-9-25-13-19-23-12-14-5-3-6-15-16(20(14)27-19)11-17-18(22)7-10-26-21(15)17/h3,6-7,11-12H,4-5,8-10,13H2,1-2H3. The van der Waals surface area contributed by atoms with Gasteiger partial charge in [-0.2, -0.15) is 0 Å². The molecule has 0 saturated heterocycles. The van der Waals surface area contributed by atoms with E-state index in [-0.39, 0.29) is 0 Å². The molecule has 0 amide bonds. The van der Waals surface area contributed by atoms with Crippen molar-refractivity contribution in [3.63, 3.8) is 0 Å². The Kier molecular flexibility index (Phi) is 5.34. The number of rotatable bonds is 6. The van der Waals surface area contributed by atoms with E-state index in [2.05, 4.69) is 36.1 Å². The van der Waals surface area contributed by atoms with E-state index >= 15 is 0 Å². The highest BCUT2D eigenvalue weighted by Gasteiger charge is 2.32. The zero-order chi connectivity index (χ0) is 18.8. The highest BCUT2D eigenvalue weighted by molar-refractivity contribution is 6.32. The lowest BCUT2D eigenvalue weighted by Gasteiger charge is -2.19. The molecule has 2 aliphatic heterocycles. The van der Waals surface area contributed by atoms with Crippen LogP contribution in [0.4, 0.5) is 0 Å². The number of aliphatic imine (C=N–C) groups is 1. The lowest BCUT2D eigenvalue weighted by molar-refractivity contribution is 0.147. The minimum Gasteiger partial charge on any atom is -0.488 e. The molecule has 5 nitrogen and oxygen atoms in total. The summed E-state index contributed by atoms with van der Waals surface area (Å²) in [6.07, 6.45) is 11.7. The predicted molar refractivity (Wildman–Crippen MR) is 106 cm³/mol.